The molecule has 0 fully saturated rings. The monoisotopic (exact) mass is 294 g/mol. The van der Waals surface area contributed by atoms with Crippen molar-refractivity contribution in [3.8, 4) is 0 Å². The van der Waals surface area contributed by atoms with E-state index in [2.05, 4.69) is 9.97 Å². The molecule has 0 aliphatic rings. The number of anilines is 2. The summed E-state index contributed by atoms with van der Waals surface area (Å²) in [5, 5.41) is 0. The molecule has 0 saturated heterocycles. The minimum atomic E-state index is -2.58. The summed E-state index contributed by atoms with van der Waals surface area (Å²) in [4.78, 5) is 7.71. The highest BCUT2D eigenvalue weighted by atomic mass is 31.1. The molecule has 20 heavy (non-hydrogen) atoms. The van der Waals surface area contributed by atoms with E-state index >= 15 is 0 Å². The van der Waals surface area contributed by atoms with Gasteiger partial charge in [0.15, 0.2) is 0 Å². The van der Waals surface area contributed by atoms with Gasteiger partial charge in [0, 0.05) is 12.4 Å². The van der Waals surface area contributed by atoms with Crippen molar-refractivity contribution in [3.05, 3.63) is 47.8 Å². The van der Waals surface area contributed by atoms with E-state index in [1.807, 2.05) is 0 Å². The molecule has 2 heterocycles. The van der Waals surface area contributed by atoms with Gasteiger partial charge >= 0.3 is 8.25 Å². The van der Waals surface area contributed by atoms with Gasteiger partial charge in [-0.05, 0) is 35.4 Å². The summed E-state index contributed by atoms with van der Waals surface area (Å²) < 4.78 is 21.9. The van der Waals surface area contributed by atoms with E-state index in [4.69, 9.17) is 20.5 Å². The van der Waals surface area contributed by atoms with Crippen LogP contribution in [0.15, 0.2) is 36.7 Å². The second-order valence-electron chi connectivity index (χ2n) is 4.01. The molecular weight excluding hydrogens is 279 g/mol. The summed E-state index contributed by atoms with van der Waals surface area (Å²) in [6.07, 6.45) is 3.12. The summed E-state index contributed by atoms with van der Waals surface area (Å²) in [7, 11) is -2.58. The first-order valence-corrected chi connectivity index (χ1v) is 7.06. The Morgan fingerprint density at radius 3 is 1.80 bits per heavy atom. The molecule has 0 amide bonds. The highest BCUT2D eigenvalue weighted by Gasteiger charge is 2.03. The molecule has 4 N–H and O–H groups in total. The van der Waals surface area contributed by atoms with Crippen LogP contribution < -0.4 is 11.5 Å². The van der Waals surface area contributed by atoms with Crippen LogP contribution in [0.2, 0.25) is 0 Å². The van der Waals surface area contributed by atoms with E-state index < -0.39 is 8.25 Å². The fourth-order valence-electron chi connectivity index (χ4n) is 1.49. The minimum Gasteiger partial charge on any atom is -0.384 e. The average Bonchev–Trinajstić information content (AvgIpc) is 2.43. The largest absolute Gasteiger partial charge is 0.384 e. The van der Waals surface area contributed by atoms with Crippen LogP contribution in [0.25, 0.3) is 0 Å². The third kappa shape index (κ3) is 4.62. The van der Waals surface area contributed by atoms with Gasteiger partial charge in [-0.3, -0.25) is 4.57 Å². The molecule has 106 valence electrons. The molecule has 0 radical (unpaired) electrons. The van der Waals surface area contributed by atoms with E-state index in [0.717, 1.165) is 11.1 Å². The number of nitrogens with two attached hydrogens (primary N) is 2. The van der Waals surface area contributed by atoms with Crippen molar-refractivity contribution in [2.24, 2.45) is 0 Å². The molecule has 0 aliphatic heterocycles. The van der Waals surface area contributed by atoms with Crippen LogP contribution >= 0.6 is 8.25 Å². The second-order valence-corrected chi connectivity index (χ2v) is 5.08. The highest BCUT2D eigenvalue weighted by Crippen LogP contribution is 2.27. The molecule has 0 spiro atoms. The lowest BCUT2D eigenvalue weighted by atomic mass is 10.3. The molecule has 2 aromatic rings. The number of aromatic nitrogens is 2. The Morgan fingerprint density at radius 1 is 0.950 bits per heavy atom. The van der Waals surface area contributed by atoms with E-state index in [9.17, 15) is 4.57 Å². The third-order valence-corrected chi connectivity index (χ3v) is 3.16. The Labute approximate surface area is 116 Å². The second kappa shape index (κ2) is 7.00. The lowest BCUT2D eigenvalue weighted by Gasteiger charge is -2.06. The molecule has 0 bridgehead atoms. The molecule has 0 unspecified atom stereocenters. The topological polar surface area (TPSA) is 113 Å². The molecule has 2 rings (SSSR count). The van der Waals surface area contributed by atoms with E-state index in [1.165, 1.54) is 0 Å². The zero-order valence-electron chi connectivity index (χ0n) is 10.7. The summed E-state index contributed by atoms with van der Waals surface area (Å²) in [6.45, 7) is 0.312. The van der Waals surface area contributed by atoms with Gasteiger partial charge in [0.05, 0.1) is 13.2 Å². The standard InChI is InChI=1S/C12H15N4O3P/c13-11-5-9(1-3-15-11)7-18-20(17)19-8-10-2-4-16-12(14)6-10/h1-6,20H,7-8H2,(H2,13,15)(H2,14,16). The van der Waals surface area contributed by atoms with Gasteiger partial charge in [0.2, 0.25) is 0 Å². The molecule has 7 nitrogen and oxygen atoms in total. The number of nitrogen functional groups attached to an aromatic ring is 2. The zero-order valence-corrected chi connectivity index (χ0v) is 11.7. The Hall–Kier alpha value is -1.95. The third-order valence-electron chi connectivity index (χ3n) is 2.40. The maximum atomic E-state index is 11.6. The van der Waals surface area contributed by atoms with Crippen LogP contribution in [0, 0.1) is 0 Å². The molecule has 0 aromatic carbocycles. The van der Waals surface area contributed by atoms with Crippen molar-refractivity contribution in [2.75, 3.05) is 11.5 Å². The van der Waals surface area contributed by atoms with E-state index in [1.54, 1.807) is 36.7 Å². The number of nitrogens with zero attached hydrogens (tertiary/aromatic N) is 2. The van der Waals surface area contributed by atoms with Gasteiger partial charge in [0.1, 0.15) is 11.6 Å². The van der Waals surface area contributed by atoms with Crippen LogP contribution in [0.1, 0.15) is 11.1 Å². The van der Waals surface area contributed by atoms with Crippen molar-refractivity contribution in [1.82, 2.24) is 9.97 Å². The SMILES string of the molecule is Nc1cc(CO[PH](=O)OCc2ccnc(N)c2)ccn1. The highest BCUT2D eigenvalue weighted by molar-refractivity contribution is 7.33. The minimum absolute atomic E-state index is 0.156. The molecular formula is C12H15N4O3P. The van der Waals surface area contributed by atoms with E-state index in [0.29, 0.717) is 11.6 Å². The van der Waals surface area contributed by atoms with Crippen molar-refractivity contribution < 1.29 is 13.6 Å². The number of pyridine rings is 2. The molecule has 8 heteroatoms. The quantitative estimate of drug-likeness (QED) is 0.780. The van der Waals surface area contributed by atoms with Crippen molar-refractivity contribution in [3.63, 3.8) is 0 Å². The van der Waals surface area contributed by atoms with Crippen molar-refractivity contribution >= 4 is 19.9 Å². The van der Waals surface area contributed by atoms with Gasteiger partial charge in [0.25, 0.3) is 0 Å². The number of hydrogen-bond donors (Lipinski definition) is 2. The summed E-state index contributed by atoms with van der Waals surface area (Å²) in [6, 6.07) is 6.77. The van der Waals surface area contributed by atoms with Crippen LogP contribution in [-0.2, 0) is 26.8 Å². The Kier molecular flexibility index (Phi) is 5.06. The lowest BCUT2D eigenvalue weighted by Crippen LogP contribution is -1.95. The number of rotatable bonds is 6. The summed E-state index contributed by atoms with van der Waals surface area (Å²) in [5.74, 6) is 0.776. The van der Waals surface area contributed by atoms with Crippen LogP contribution in [-0.4, -0.2) is 9.97 Å². The summed E-state index contributed by atoms with van der Waals surface area (Å²) in [5.41, 5.74) is 12.6. The van der Waals surface area contributed by atoms with Crippen LogP contribution in [0.5, 0.6) is 0 Å². The van der Waals surface area contributed by atoms with Crippen LogP contribution in [0.3, 0.4) is 0 Å². The van der Waals surface area contributed by atoms with Gasteiger partial charge in [-0.15, -0.1) is 0 Å². The predicted molar refractivity (Wildman–Crippen MR) is 75.9 cm³/mol. The first-order chi connectivity index (χ1) is 9.63. The zero-order chi connectivity index (χ0) is 14.4. The Balaban J connectivity index is 1.78. The smallest absolute Gasteiger partial charge is 0.319 e. The maximum Gasteiger partial charge on any atom is 0.319 e. The Morgan fingerprint density at radius 2 is 1.40 bits per heavy atom. The van der Waals surface area contributed by atoms with Gasteiger partial charge in [-0.1, -0.05) is 0 Å². The molecule has 2 aromatic heterocycles. The molecule has 0 atom stereocenters. The predicted octanol–water partition coefficient (Wildman–Crippen LogP) is 1.76. The Bertz CT molecular complexity index is 557. The van der Waals surface area contributed by atoms with Crippen molar-refractivity contribution in [2.45, 2.75) is 13.2 Å². The number of hydrogen-bond acceptors (Lipinski definition) is 7. The fraction of sp³-hybridized carbons (Fsp3) is 0.167. The summed E-state index contributed by atoms with van der Waals surface area (Å²) >= 11 is 0. The van der Waals surface area contributed by atoms with Gasteiger partial charge < -0.3 is 20.5 Å². The maximum absolute atomic E-state index is 11.6. The molecule has 0 saturated carbocycles. The average molecular weight is 294 g/mol. The van der Waals surface area contributed by atoms with E-state index in [-0.39, 0.29) is 13.2 Å². The van der Waals surface area contributed by atoms with Crippen molar-refractivity contribution in [1.29, 1.82) is 0 Å². The lowest BCUT2D eigenvalue weighted by molar-refractivity contribution is 0.213. The molecule has 0 aliphatic carbocycles. The van der Waals surface area contributed by atoms with Crippen LogP contribution in [0.4, 0.5) is 11.6 Å². The van der Waals surface area contributed by atoms with Gasteiger partial charge in [-0.25, -0.2) is 9.97 Å². The van der Waals surface area contributed by atoms with Gasteiger partial charge in [-0.2, -0.15) is 0 Å². The first kappa shape index (κ1) is 14.5. The first-order valence-electron chi connectivity index (χ1n) is 5.84. The normalized spacial score (nSPS) is 10.8. The fourth-order valence-corrected chi connectivity index (χ4v) is 2.15.